The molecule has 1 aliphatic rings. The van der Waals surface area contributed by atoms with Crippen LogP contribution in [0.1, 0.15) is 43.0 Å². The molecule has 0 heterocycles. The molecule has 2 aromatic carbocycles. The molecule has 0 radical (unpaired) electrons. The lowest BCUT2D eigenvalue weighted by atomic mass is 10.0. The number of aromatic carboxylic acids is 1. The van der Waals surface area contributed by atoms with E-state index in [0.717, 1.165) is 16.7 Å². The number of carbonyl (C=O) groups excluding carboxylic acids is 1. The molecular weight excluding hydrogens is 276 g/mol. The van der Waals surface area contributed by atoms with Crippen LogP contribution in [0, 0.1) is 13.8 Å². The summed E-state index contributed by atoms with van der Waals surface area (Å²) in [6, 6.07) is 10.7. The van der Waals surface area contributed by atoms with E-state index in [1.165, 1.54) is 5.56 Å². The van der Waals surface area contributed by atoms with E-state index in [0.29, 0.717) is 17.6 Å². The maximum absolute atomic E-state index is 12.5. The number of allylic oxidation sites excluding steroid dienone is 1. The van der Waals surface area contributed by atoms with Crippen LogP contribution in [0.25, 0.3) is 6.08 Å². The molecule has 0 saturated heterocycles. The van der Waals surface area contributed by atoms with E-state index in [9.17, 15) is 14.7 Å². The van der Waals surface area contributed by atoms with Gasteiger partial charge in [0.05, 0.1) is 5.56 Å². The molecule has 0 spiro atoms. The van der Waals surface area contributed by atoms with Crippen LogP contribution >= 0.6 is 0 Å². The summed E-state index contributed by atoms with van der Waals surface area (Å²) in [7, 11) is 0. The molecule has 0 saturated carbocycles. The van der Waals surface area contributed by atoms with E-state index in [1.54, 1.807) is 30.3 Å². The summed E-state index contributed by atoms with van der Waals surface area (Å²) in [5, 5.41) is 9.24. The van der Waals surface area contributed by atoms with Crippen LogP contribution < -0.4 is 0 Å². The number of rotatable bonds is 2. The number of ketones is 1. The third-order valence-electron chi connectivity index (χ3n) is 4.16. The van der Waals surface area contributed by atoms with E-state index in [1.807, 2.05) is 26.0 Å². The molecule has 0 bridgehead atoms. The predicted octanol–water partition coefficient (Wildman–Crippen LogP) is 3.82. The number of carbonyl (C=O) groups is 2. The number of benzene rings is 2. The lowest BCUT2D eigenvalue weighted by Gasteiger charge is -2.02. The van der Waals surface area contributed by atoms with Crippen LogP contribution in [0.2, 0.25) is 0 Å². The normalized spacial score (nSPS) is 15.2. The number of hydrogen-bond donors (Lipinski definition) is 1. The summed E-state index contributed by atoms with van der Waals surface area (Å²) in [6.07, 6.45) is 2.26. The third kappa shape index (κ3) is 2.35. The Morgan fingerprint density at radius 2 is 1.82 bits per heavy atom. The van der Waals surface area contributed by atoms with Crippen LogP contribution in [0.15, 0.2) is 42.0 Å². The fourth-order valence-corrected chi connectivity index (χ4v) is 2.81. The monoisotopic (exact) mass is 292 g/mol. The minimum Gasteiger partial charge on any atom is -0.478 e. The number of Topliss-reactive ketones (excluding diaryl/α,β-unsaturated/α-hetero) is 1. The first-order valence-electron chi connectivity index (χ1n) is 7.15. The van der Waals surface area contributed by atoms with Crippen molar-refractivity contribution in [3.05, 3.63) is 75.4 Å². The second kappa shape index (κ2) is 5.26. The third-order valence-corrected chi connectivity index (χ3v) is 4.16. The Balaban J connectivity index is 2.05. The molecule has 1 N–H and O–H groups in total. The van der Waals surface area contributed by atoms with Gasteiger partial charge in [0.2, 0.25) is 0 Å². The Hall–Kier alpha value is -2.68. The van der Waals surface area contributed by atoms with Gasteiger partial charge < -0.3 is 5.11 Å². The van der Waals surface area contributed by atoms with Crippen molar-refractivity contribution in [2.45, 2.75) is 20.3 Å². The maximum atomic E-state index is 12.5. The van der Waals surface area contributed by atoms with Crippen LogP contribution in [-0.4, -0.2) is 16.9 Å². The quantitative estimate of drug-likeness (QED) is 0.856. The standard InChI is InChI=1S/C19H16O3/c1-11-7-14-10-15(18(20)17(14)8-12(11)2)9-13-5-3-4-6-16(13)19(21)22/h3-9H,10H2,1-2H3,(H,21,22)/b15-9-. The Morgan fingerprint density at radius 3 is 2.55 bits per heavy atom. The van der Waals surface area contributed by atoms with Crippen molar-refractivity contribution in [1.29, 1.82) is 0 Å². The van der Waals surface area contributed by atoms with Crippen molar-refractivity contribution in [2.75, 3.05) is 0 Å². The Kier molecular flexibility index (Phi) is 3.41. The van der Waals surface area contributed by atoms with Gasteiger partial charge in [-0.05, 0) is 54.3 Å². The van der Waals surface area contributed by atoms with Gasteiger partial charge in [-0.3, -0.25) is 4.79 Å². The van der Waals surface area contributed by atoms with Crippen LogP contribution in [0.4, 0.5) is 0 Å². The van der Waals surface area contributed by atoms with Gasteiger partial charge in [0.1, 0.15) is 0 Å². The van der Waals surface area contributed by atoms with Gasteiger partial charge in [-0.1, -0.05) is 24.3 Å². The second-order valence-corrected chi connectivity index (χ2v) is 5.66. The molecular formula is C19H16O3. The Bertz CT molecular complexity index is 829. The summed E-state index contributed by atoms with van der Waals surface area (Å²) in [5.74, 6) is -0.986. The van der Waals surface area contributed by atoms with Crippen LogP contribution in [-0.2, 0) is 6.42 Å². The van der Waals surface area contributed by atoms with E-state index in [-0.39, 0.29) is 11.3 Å². The highest BCUT2D eigenvalue weighted by Crippen LogP contribution is 2.30. The van der Waals surface area contributed by atoms with Crippen LogP contribution in [0.5, 0.6) is 0 Å². The first-order chi connectivity index (χ1) is 10.5. The maximum Gasteiger partial charge on any atom is 0.336 e. The SMILES string of the molecule is Cc1cc2c(cc1C)C(=O)/C(=C\c1ccccc1C(=O)O)C2. The largest absolute Gasteiger partial charge is 0.478 e. The molecule has 3 nitrogen and oxygen atoms in total. The second-order valence-electron chi connectivity index (χ2n) is 5.66. The molecule has 22 heavy (non-hydrogen) atoms. The van der Waals surface area contributed by atoms with E-state index >= 15 is 0 Å². The molecule has 3 heteroatoms. The highest BCUT2D eigenvalue weighted by molar-refractivity contribution is 6.16. The molecule has 0 aliphatic heterocycles. The Labute approximate surface area is 128 Å². The van der Waals surface area contributed by atoms with E-state index < -0.39 is 5.97 Å². The zero-order valence-corrected chi connectivity index (χ0v) is 12.5. The molecule has 3 rings (SSSR count). The fraction of sp³-hybridized carbons (Fsp3) is 0.158. The average Bonchev–Trinajstić information content (AvgIpc) is 2.76. The summed E-state index contributed by atoms with van der Waals surface area (Å²) in [5.41, 5.74) is 5.45. The van der Waals surface area contributed by atoms with Gasteiger partial charge in [-0.15, -0.1) is 0 Å². The first kappa shape index (κ1) is 14.3. The lowest BCUT2D eigenvalue weighted by Crippen LogP contribution is -2.01. The zero-order chi connectivity index (χ0) is 15.9. The smallest absolute Gasteiger partial charge is 0.336 e. The van der Waals surface area contributed by atoms with Crippen molar-refractivity contribution in [1.82, 2.24) is 0 Å². The highest BCUT2D eigenvalue weighted by Gasteiger charge is 2.25. The van der Waals surface area contributed by atoms with Gasteiger partial charge >= 0.3 is 5.97 Å². The van der Waals surface area contributed by atoms with Crippen LogP contribution in [0.3, 0.4) is 0 Å². The van der Waals surface area contributed by atoms with Gasteiger partial charge in [-0.25, -0.2) is 4.79 Å². The first-order valence-corrected chi connectivity index (χ1v) is 7.15. The minimum absolute atomic E-state index is 0.00158. The number of carboxylic acid groups (broad SMARTS) is 1. The van der Waals surface area contributed by atoms with Crippen molar-refractivity contribution in [3.8, 4) is 0 Å². The number of carboxylic acids is 1. The fourth-order valence-electron chi connectivity index (χ4n) is 2.81. The van der Waals surface area contributed by atoms with Gasteiger partial charge in [0.25, 0.3) is 0 Å². The number of aryl methyl sites for hydroxylation is 2. The minimum atomic E-state index is -0.984. The van der Waals surface area contributed by atoms with Gasteiger partial charge in [0.15, 0.2) is 5.78 Å². The zero-order valence-electron chi connectivity index (χ0n) is 12.5. The molecule has 2 aromatic rings. The highest BCUT2D eigenvalue weighted by atomic mass is 16.4. The molecule has 0 unspecified atom stereocenters. The van der Waals surface area contributed by atoms with Crippen molar-refractivity contribution < 1.29 is 14.7 Å². The lowest BCUT2D eigenvalue weighted by molar-refractivity contribution is 0.0696. The number of fused-ring (bicyclic) bond motifs is 1. The molecule has 0 fully saturated rings. The van der Waals surface area contributed by atoms with Gasteiger partial charge in [0, 0.05) is 17.6 Å². The molecule has 0 amide bonds. The summed E-state index contributed by atoms with van der Waals surface area (Å²) < 4.78 is 0. The average molecular weight is 292 g/mol. The van der Waals surface area contributed by atoms with Crippen molar-refractivity contribution in [3.63, 3.8) is 0 Å². The van der Waals surface area contributed by atoms with E-state index in [4.69, 9.17) is 0 Å². The summed E-state index contributed by atoms with van der Waals surface area (Å²) in [6.45, 7) is 4.02. The van der Waals surface area contributed by atoms with Crippen molar-refractivity contribution >= 4 is 17.8 Å². The Morgan fingerprint density at radius 1 is 1.14 bits per heavy atom. The molecule has 0 atom stereocenters. The van der Waals surface area contributed by atoms with E-state index in [2.05, 4.69) is 0 Å². The summed E-state index contributed by atoms with van der Waals surface area (Å²) in [4.78, 5) is 23.8. The molecule has 0 aromatic heterocycles. The topological polar surface area (TPSA) is 54.4 Å². The molecule has 1 aliphatic carbocycles. The predicted molar refractivity (Wildman–Crippen MR) is 85.3 cm³/mol. The van der Waals surface area contributed by atoms with Crippen molar-refractivity contribution in [2.24, 2.45) is 0 Å². The molecule has 110 valence electrons. The summed E-state index contributed by atoms with van der Waals surface area (Å²) >= 11 is 0. The van der Waals surface area contributed by atoms with Gasteiger partial charge in [-0.2, -0.15) is 0 Å². The number of hydrogen-bond acceptors (Lipinski definition) is 2.